The summed E-state index contributed by atoms with van der Waals surface area (Å²) in [5.41, 5.74) is 3.20. The molecule has 2 aromatic heterocycles. The van der Waals surface area contributed by atoms with E-state index >= 15 is 0 Å². The minimum atomic E-state index is -0.111. The maximum absolute atomic E-state index is 13.1. The first-order chi connectivity index (χ1) is 14.5. The first-order valence-electron chi connectivity index (χ1n) is 10.1. The molecule has 0 aliphatic carbocycles. The molecular weight excluding hydrogens is 376 g/mol. The fraction of sp³-hybridized carbons (Fsp3) is 0.292. The van der Waals surface area contributed by atoms with E-state index in [0.29, 0.717) is 30.6 Å². The summed E-state index contributed by atoms with van der Waals surface area (Å²) in [5, 5.41) is 2.98. The van der Waals surface area contributed by atoms with Gasteiger partial charge in [-0.05, 0) is 49.6 Å². The Morgan fingerprint density at radius 1 is 1.13 bits per heavy atom. The van der Waals surface area contributed by atoms with Gasteiger partial charge in [-0.2, -0.15) is 0 Å². The summed E-state index contributed by atoms with van der Waals surface area (Å²) in [6.07, 6.45) is 4.86. The summed E-state index contributed by atoms with van der Waals surface area (Å²) in [4.78, 5) is 31.4. The summed E-state index contributed by atoms with van der Waals surface area (Å²) in [6, 6.07) is 17.2. The molecule has 0 fully saturated rings. The number of pyridine rings is 1. The number of aryl methyl sites for hydroxylation is 2. The molecule has 2 heterocycles. The maximum Gasteiger partial charge on any atom is 0.267 e. The number of aromatic nitrogens is 2. The molecule has 0 aliphatic rings. The molecule has 156 valence electrons. The number of carbonyl (C=O) groups is 2. The van der Waals surface area contributed by atoms with E-state index in [9.17, 15) is 9.59 Å². The molecule has 30 heavy (non-hydrogen) atoms. The summed E-state index contributed by atoms with van der Waals surface area (Å²) in [6.45, 7) is 2.35. The summed E-state index contributed by atoms with van der Waals surface area (Å²) >= 11 is 0. The van der Waals surface area contributed by atoms with Crippen molar-refractivity contribution in [2.24, 2.45) is 7.05 Å². The van der Waals surface area contributed by atoms with Crippen molar-refractivity contribution in [1.29, 1.82) is 0 Å². The maximum atomic E-state index is 13.1. The van der Waals surface area contributed by atoms with Crippen molar-refractivity contribution in [3.05, 3.63) is 89.5 Å². The van der Waals surface area contributed by atoms with Gasteiger partial charge in [-0.3, -0.25) is 14.6 Å². The van der Waals surface area contributed by atoms with Crippen LogP contribution in [0.4, 0.5) is 0 Å². The summed E-state index contributed by atoms with van der Waals surface area (Å²) < 4.78 is 1.79. The van der Waals surface area contributed by atoms with Gasteiger partial charge in [-0.1, -0.05) is 30.3 Å². The van der Waals surface area contributed by atoms with Crippen LogP contribution in [-0.2, 0) is 13.5 Å². The van der Waals surface area contributed by atoms with Crippen molar-refractivity contribution in [3.63, 3.8) is 0 Å². The first-order valence-corrected chi connectivity index (χ1v) is 10.1. The minimum Gasteiger partial charge on any atom is -0.351 e. The molecule has 3 rings (SSSR count). The van der Waals surface area contributed by atoms with Crippen LogP contribution in [0.5, 0.6) is 0 Å². The van der Waals surface area contributed by atoms with Gasteiger partial charge < -0.3 is 14.8 Å². The molecule has 1 N–H and O–H groups in total. The van der Waals surface area contributed by atoms with Gasteiger partial charge >= 0.3 is 0 Å². The standard InChI is InChI=1S/C24H28N4O2/c1-18-16-20(11-13-25-18)24(30)28(3)21(17-19-8-5-4-6-9-19)12-14-26-23(29)22-10-7-15-27(22)2/h4-11,13,15-16,21H,12,14,17H2,1-3H3,(H,26,29). The van der Waals surface area contributed by atoms with Crippen LogP contribution in [0.25, 0.3) is 0 Å². The fourth-order valence-corrected chi connectivity index (χ4v) is 3.51. The van der Waals surface area contributed by atoms with Crippen molar-refractivity contribution in [1.82, 2.24) is 19.8 Å². The summed E-state index contributed by atoms with van der Waals surface area (Å²) in [7, 11) is 3.67. The van der Waals surface area contributed by atoms with Gasteiger partial charge in [0.2, 0.25) is 0 Å². The highest BCUT2D eigenvalue weighted by Crippen LogP contribution is 2.15. The van der Waals surface area contributed by atoms with Gasteiger partial charge in [0.1, 0.15) is 5.69 Å². The molecule has 0 aliphatic heterocycles. The lowest BCUT2D eigenvalue weighted by molar-refractivity contribution is 0.0722. The quantitative estimate of drug-likeness (QED) is 0.627. The van der Waals surface area contributed by atoms with Gasteiger partial charge in [0.25, 0.3) is 11.8 Å². The van der Waals surface area contributed by atoms with Crippen molar-refractivity contribution >= 4 is 11.8 Å². The Morgan fingerprint density at radius 2 is 1.90 bits per heavy atom. The third-order valence-corrected chi connectivity index (χ3v) is 5.27. The number of hydrogen-bond donors (Lipinski definition) is 1. The SMILES string of the molecule is Cc1cc(C(=O)N(C)C(CCNC(=O)c2cccn2C)Cc2ccccc2)ccn1. The van der Waals surface area contributed by atoms with E-state index < -0.39 is 0 Å². The zero-order chi connectivity index (χ0) is 21.5. The lowest BCUT2D eigenvalue weighted by Crippen LogP contribution is -2.41. The van der Waals surface area contributed by atoms with Crippen LogP contribution in [0, 0.1) is 6.92 Å². The second-order valence-corrected chi connectivity index (χ2v) is 7.49. The number of rotatable bonds is 8. The molecular formula is C24H28N4O2. The number of likely N-dealkylation sites (N-methyl/N-ethyl adjacent to an activating group) is 1. The Morgan fingerprint density at radius 3 is 2.57 bits per heavy atom. The van der Waals surface area contributed by atoms with Gasteiger partial charge in [-0.25, -0.2) is 0 Å². The van der Waals surface area contributed by atoms with Crippen LogP contribution in [0.15, 0.2) is 67.0 Å². The van der Waals surface area contributed by atoms with Crippen molar-refractivity contribution in [2.45, 2.75) is 25.8 Å². The van der Waals surface area contributed by atoms with E-state index in [1.54, 1.807) is 33.9 Å². The van der Waals surface area contributed by atoms with Gasteiger partial charge in [0.15, 0.2) is 0 Å². The lowest BCUT2D eigenvalue weighted by atomic mass is 10.0. The molecule has 2 amide bonds. The summed E-state index contributed by atoms with van der Waals surface area (Å²) in [5.74, 6) is -0.158. The normalized spacial score (nSPS) is 11.7. The van der Waals surface area contributed by atoms with Gasteiger partial charge in [0, 0.05) is 50.3 Å². The molecule has 1 aromatic carbocycles. The lowest BCUT2D eigenvalue weighted by Gasteiger charge is -2.29. The highest BCUT2D eigenvalue weighted by Gasteiger charge is 2.22. The molecule has 6 nitrogen and oxygen atoms in total. The van der Waals surface area contributed by atoms with Crippen molar-refractivity contribution < 1.29 is 9.59 Å². The Kier molecular flexibility index (Phi) is 7.01. The average Bonchev–Trinajstić information content (AvgIpc) is 3.18. The molecule has 0 bridgehead atoms. The Hall–Kier alpha value is -3.41. The van der Waals surface area contributed by atoms with Crippen LogP contribution in [-0.4, -0.2) is 45.9 Å². The Balaban J connectivity index is 1.70. The Bertz CT molecular complexity index is 997. The van der Waals surface area contributed by atoms with E-state index in [1.165, 1.54) is 0 Å². The minimum absolute atomic E-state index is 0.0461. The third-order valence-electron chi connectivity index (χ3n) is 5.27. The third kappa shape index (κ3) is 5.35. The second-order valence-electron chi connectivity index (χ2n) is 7.49. The molecule has 3 aromatic rings. The van der Waals surface area contributed by atoms with Crippen molar-refractivity contribution in [2.75, 3.05) is 13.6 Å². The molecule has 0 saturated heterocycles. The topological polar surface area (TPSA) is 67.2 Å². The average molecular weight is 405 g/mol. The number of carbonyl (C=O) groups excluding carboxylic acids is 2. The largest absolute Gasteiger partial charge is 0.351 e. The van der Waals surface area contributed by atoms with E-state index in [-0.39, 0.29) is 17.9 Å². The monoisotopic (exact) mass is 404 g/mol. The van der Waals surface area contributed by atoms with Crippen LogP contribution < -0.4 is 5.32 Å². The number of hydrogen-bond acceptors (Lipinski definition) is 3. The van der Waals surface area contributed by atoms with Crippen LogP contribution in [0.2, 0.25) is 0 Å². The second kappa shape index (κ2) is 9.87. The predicted molar refractivity (Wildman–Crippen MR) is 117 cm³/mol. The number of nitrogens with zero attached hydrogens (tertiary/aromatic N) is 3. The molecule has 1 unspecified atom stereocenters. The highest BCUT2D eigenvalue weighted by atomic mass is 16.2. The van der Waals surface area contributed by atoms with E-state index in [0.717, 1.165) is 11.3 Å². The first kappa shape index (κ1) is 21.3. The zero-order valence-corrected chi connectivity index (χ0v) is 17.7. The smallest absolute Gasteiger partial charge is 0.267 e. The number of amides is 2. The van der Waals surface area contributed by atoms with Crippen LogP contribution in [0.3, 0.4) is 0 Å². The Labute approximate surface area is 177 Å². The highest BCUT2D eigenvalue weighted by molar-refractivity contribution is 5.94. The molecule has 0 saturated carbocycles. The molecule has 6 heteroatoms. The van der Waals surface area contributed by atoms with Gasteiger partial charge in [0.05, 0.1) is 0 Å². The van der Waals surface area contributed by atoms with E-state index in [2.05, 4.69) is 22.4 Å². The van der Waals surface area contributed by atoms with Crippen LogP contribution in [0.1, 0.15) is 38.5 Å². The van der Waals surface area contributed by atoms with Crippen LogP contribution >= 0.6 is 0 Å². The molecule has 1 atom stereocenters. The fourth-order valence-electron chi connectivity index (χ4n) is 3.51. The number of nitrogens with one attached hydrogen (secondary N) is 1. The number of benzene rings is 1. The predicted octanol–water partition coefficient (Wildman–Crippen LogP) is 3.23. The van der Waals surface area contributed by atoms with Crippen molar-refractivity contribution in [3.8, 4) is 0 Å². The van der Waals surface area contributed by atoms with Gasteiger partial charge in [-0.15, -0.1) is 0 Å². The van der Waals surface area contributed by atoms with E-state index in [1.807, 2.05) is 51.5 Å². The molecule has 0 spiro atoms. The van der Waals surface area contributed by atoms with E-state index in [4.69, 9.17) is 0 Å². The zero-order valence-electron chi connectivity index (χ0n) is 17.7. The molecule has 0 radical (unpaired) electrons.